The number of nitrogens with zero attached hydrogens (tertiary/aromatic N) is 1. The fraction of sp³-hybridized carbons (Fsp3) is 0.588. The second-order valence-corrected chi connectivity index (χ2v) is 6.53. The van der Waals surface area contributed by atoms with E-state index < -0.39 is 0 Å². The third kappa shape index (κ3) is 5.44. The molecule has 0 heterocycles. The van der Waals surface area contributed by atoms with Gasteiger partial charge in [0.2, 0.25) is 5.91 Å². The lowest BCUT2D eigenvalue weighted by molar-refractivity contribution is -0.121. The molecule has 0 fully saturated rings. The summed E-state index contributed by atoms with van der Waals surface area (Å²) in [6.45, 7) is 11.0. The van der Waals surface area contributed by atoms with E-state index in [4.69, 9.17) is 0 Å². The van der Waals surface area contributed by atoms with E-state index >= 15 is 0 Å². The number of likely N-dealkylation sites (N-methyl/N-ethyl adjacent to an activating group) is 1. The number of halogens is 1. The number of rotatable bonds is 8. The summed E-state index contributed by atoms with van der Waals surface area (Å²) >= 11 is 3.46. The van der Waals surface area contributed by atoms with Crippen LogP contribution in [0.15, 0.2) is 30.3 Å². The minimum atomic E-state index is -0.134. The Bertz CT molecular complexity index is 418. The predicted molar refractivity (Wildman–Crippen MR) is 92.7 cm³/mol. The number of amides is 1. The van der Waals surface area contributed by atoms with Gasteiger partial charge in [-0.1, -0.05) is 74.0 Å². The highest BCUT2D eigenvalue weighted by Crippen LogP contribution is 2.20. The molecule has 0 aliphatic carbocycles. The SMILES string of the molecule is CCN(CC)C(CNC(=O)C(Br)C(C)C)c1ccccc1. The molecule has 0 saturated carbocycles. The summed E-state index contributed by atoms with van der Waals surface area (Å²) in [4.78, 5) is 14.4. The maximum absolute atomic E-state index is 12.1. The van der Waals surface area contributed by atoms with Crippen molar-refractivity contribution in [2.24, 2.45) is 5.92 Å². The minimum Gasteiger partial charge on any atom is -0.353 e. The van der Waals surface area contributed by atoms with Crippen molar-refractivity contribution in [3.63, 3.8) is 0 Å². The first-order valence-corrected chi connectivity index (χ1v) is 8.63. The summed E-state index contributed by atoms with van der Waals surface area (Å²) in [5.41, 5.74) is 1.25. The lowest BCUT2D eigenvalue weighted by Crippen LogP contribution is -2.41. The fourth-order valence-electron chi connectivity index (χ4n) is 2.39. The monoisotopic (exact) mass is 354 g/mol. The van der Waals surface area contributed by atoms with Crippen molar-refractivity contribution in [3.8, 4) is 0 Å². The summed E-state index contributed by atoms with van der Waals surface area (Å²) in [5, 5.41) is 3.08. The first-order valence-electron chi connectivity index (χ1n) is 7.72. The molecule has 1 aromatic rings. The Morgan fingerprint density at radius 2 is 1.76 bits per heavy atom. The van der Waals surface area contributed by atoms with Crippen molar-refractivity contribution in [3.05, 3.63) is 35.9 Å². The molecular formula is C17H27BrN2O. The second kappa shape index (κ2) is 9.21. The van der Waals surface area contributed by atoms with Gasteiger partial charge in [-0.05, 0) is 24.6 Å². The molecule has 0 aromatic heterocycles. The van der Waals surface area contributed by atoms with Crippen LogP contribution in [0.3, 0.4) is 0 Å². The summed E-state index contributed by atoms with van der Waals surface area (Å²) in [7, 11) is 0. The number of carbonyl (C=O) groups is 1. The molecule has 1 rings (SSSR count). The topological polar surface area (TPSA) is 32.3 Å². The second-order valence-electron chi connectivity index (χ2n) is 5.54. The number of hydrogen-bond donors (Lipinski definition) is 1. The average Bonchev–Trinajstić information content (AvgIpc) is 2.51. The molecule has 21 heavy (non-hydrogen) atoms. The lowest BCUT2D eigenvalue weighted by atomic mass is 10.0. The van der Waals surface area contributed by atoms with Gasteiger partial charge in [0, 0.05) is 6.54 Å². The molecule has 0 spiro atoms. The van der Waals surface area contributed by atoms with Crippen LogP contribution in [0.25, 0.3) is 0 Å². The van der Waals surface area contributed by atoms with E-state index in [1.165, 1.54) is 5.56 Å². The average molecular weight is 355 g/mol. The smallest absolute Gasteiger partial charge is 0.234 e. The molecule has 0 aliphatic heterocycles. The molecule has 0 radical (unpaired) electrons. The summed E-state index contributed by atoms with van der Waals surface area (Å²) < 4.78 is 0. The Hall–Kier alpha value is -0.870. The van der Waals surface area contributed by atoms with Crippen molar-refractivity contribution in [2.75, 3.05) is 19.6 Å². The van der Waals surface area contributed by atoms with Gasteiger partial charge in [-0.2, -0.15) is 0 Å². The van der Waals surface area contributed by atoms with E-state index in [2.05, 4.69) is 64.3 Å². The molecule has 1 amide bonds. The van der Waals surface area contributed by atoms with Gasteiger partial charge in [0.25, 0.3) is 0 Å². The Balaban J connectivity index is 2.77. The Morgan fingerprint density at radius 1 is 1.19 bits per heavy atom. The van der Waals surface area contributed by atoms with Gasteiger partial charge in [-0.3, -0.25) is 9.69 Å². The fourth-order valence-corrected chi connectivity index (χ4v) is 2.56. The van der Waals surface area contributed by atoms with Crippen molar-refractivity contribution < 1.29 is 4.79 Å². The van der Waals surface area contributed by atoms with Crippen molar-refractivity contribution in [1.29, 1.82) is 0 Å². The first kappa shape index (κ1) is 18.2. The quantitative estimate of drug-likeness (QED) is 0.723. The zero-order valence-electron chi connectivity index (χ0n) is 13.5. The highest BCUT2D eigenvalue weighted by molar-refractivity contribution is 9.10. The normalized spacial score (nSPS) is 14.2. The van der Waals surface area contributed by atoms with Crippen LogP contribution in [0.5, 0.6) is 0 Å². The summed E-state index contributed by atoms with van der Waals surface area (Å²) in [6, 6.07) is 10.6. The molecule has 1 aromatic carbocycles. The Kier molecular flexibility index (Phi) is 7.97. The number of benzene rings is 1. The van der Waals surface area contributed by atoms with Gasteiger partial charge in [0.05, 0.1) is 10.9 Å². The van der Waals surface area contributed by atoms with E-state index in [0.29, 0.717) is 6.54 Å². The summed E-state index contributed by atoms with van der Waals surface area (Å²) in [5.74, 6) is 0.353. The number of alkyl halides is 1. The molecular weight excluding hydrogens is 328 g/mol. The van der Waals surface area contributed by atoms with E-state index in [1.807, 2.05) is 19.9 Å². The third-order valence-corrected chi connectivity index (χ3v) is 5.22. The predicted octanol–water partition coefficient (Wildman–Crippen LogP) is 3.61. The van der Waals surface area contributed by atoms with E-state index in [1.54, 1.807) is 0 Å². The summed E-state index contributed by atoms with van der Waals surface area (Å²) in [6.07, 6.45) is 0. The van der Waals surface area contributed by atoms with E-state index in [9.17, 15) is 4.79 Å². The zero-order chi connectivity index (χ0) is 15.8. The molecule has 0 aliphatic rings. The van der Waals surface area contributed by atoms with Crippen LogP contribution in [0.4, 0.5) is 0 Å². The van der Waals surface area contributed by atoms with Gasteiger partial charge in [-0.25, -0.2) is 0 Å². The maximum atomic E-state index is 12.1. The molecule has 0 bridgehead atoms. The molecule has 2 unspecified atom stereocenters. The highest BCUT2D eigenvalue weighted by Gasteiger charge is 2.22. The Labute approximate surface area is 137 Å². The van der Waals surface area contributed by atoms with Crippen LogP contribution in [0.1, 0.15) is 39.3 Å². The van der Waals surface area contributed by atoms with Crippen molar-refractivity contribution >= 4 is 21.8 Å². The van der Waals surface area contributed by atoms with Crippen molar-refractivity contribution in [1.82, 2.24) is 10.2 Å². The van der Waals surface area contributed by atoms with Crippen LogP contribution in [0.2, 0.25) is 0 Å². The van der Waals surface area contributed by atoms with Crippen LogP contribution < -0.4 is 5.32 Å². The molecule has 4 heteroatoms. The van der Waals surface area contributed by atoms with E-state index in [-0.39, 0.29) is 22.7 Å². The van der Waals surface area contributed by atoms with Crippen LogP contribution in [0, 0.1) is 5.92 Å². The Morgan fingerprint density at radius 3 is 2.24 bits per heavy atom. The van der Waals surface area contributed by atoms with Gasteiger partial charge in [-0.15, -0.1) is 0 Å². The minimum absolute atomic E-state index is 0.0677. The molecule has 118 valence electrons. The van der Waals surface area contributed by atoms with Crippen LogP contribution >= 0.6 is 15.9 Å². The molecule has 3 nitrogen and oxygen atoms in total. The number of hydrogen-bond acceptors (Lipinski definition) is 2. The molecule has 0 saturated heterocycles. The molecule has 1 N–H and O–H groups in total. The number of nitrogens with one attached hydrogen (secondary N) is 1. The van der Waals surface area contributed by atoms with Crippen LogP contribution in [-0.2, 0) is 4.79 Å². The zero-order valence-corrected chi connectivity index (χ0v) is 15.1. The standard InChI is InChI=1S/C17H27BrN2O/c1-5-20(6-2)15(14-10-8-7-9-11-14)12-19-17(21)16(18)13(3)4/h7-11,13,15-16H,5-6,12H2,1-4H3,(H,19,21). The lowest BCUT2D eigenvalue weighted by Gasteiger charge is -2.30. The first-order chi connectivity index (χ1) is 10.0. The van der Waals surface area contributed by atoms with Gasteiger partial charge < -0.3 is 5.32 Å². The van der Waals surface area contributed by atoms with Gasteiger partial charge in [0.15, 0.2) is 0 Å². The van der Waals surface area contributed by atoms with Crippen molar-refractivity contribution in [2.45, 2.75) is 38.6 Å². The number of carbonyl (C=O) groups excluding carboxylic acids is 1. The van der Waals surface area contributed by atoms with E-state index in [0.717, 1.165) is 13.1 Å². The van der Waals surface area contributed by atoms with Gasteiger partial charge in [0.1, 0.15) is 0 Å². The van der Waals surface area contributed by atoms with Crippen LogP contribution in [-0.4, -0.2) is 35.3 Å². The third-order valence-electron chi connectivity index (χ3n) is 3.74. The molecule has 2 atom stereocenters. The maximum Gasteiger partial charge on any atom is 0.234 e. The van der Waals surface area contributed by atoms with Gasteiger partial charge >= 0.3 is 0 Å². The largest absolute Gasteiger partial charge is 0.353 e. The highest BCUT2D eigenvalue weighted by atomic mass is 79.9.